The summed E-state index contributed by atoms with van der Waals surface area (Å²) in [4.78, 5) is 12.7. The Morgan fingerprint density at radius 1 is 1.20 bits per heavy atom. The third kappa shape index (κ3) is 5.01. The molecule has 0 spiro atoms. The number of carbonyl (C=O) groups is 1. The predicted molar refractivity (Wildman–Crippen MR) is 99.2 cm³/mol. The van der Waals surface area contributed by atoms with Crippen molar-refractivity contribution < 1.29 is 22.7 Å². The third-order valence-electron chi connectivity index (χ3n) is 3.97. The largest absolute Gasteiger partial charge is 0.493 e. The van der Waals surface area contributed by atoms with Gasteiger partial charge in [0.05, 0.1) is 31.2 Å². The van der Waals surface area contributed by atoms with E-state index in [4.69, 9.17) is 9.47 Å². The summed E-state index contributed by atoms with van der Waals surface area (Å²) in [5.41, 5.74) is 0.473. The van der Waals surface area contributed by atoms with E-state index in [1.165, 1.54) is 33.4 Å². The van der Waals surface area contributed by atoms with E-state index in [2.05, 4.69) is 5.32 Å². The molecule has 0 unspecified atom stereocenters. The first-order valence-corrected chi connectivity index (χ1v) is 9.86. The topological polar surface area (TPSA) is 84.9 Å². The number of rotatable bonds is 9. The number of nitrogens with one attached hydrogen (secondary N) is 1. The Balaban J connectivity index is 3.44. The molecular weight excluding hydrogens is 344 g/mol. The monoisotopic (exact) mass is 372 g/mol. The van der Waals surface area contributed by atoms with Gasteiger partial charge in [-0.1, -0.05) is 13.3 Å². The van der Waals surface area contributed by atoms with Crippen molar-refractivity contribution in [3.05, 3.63) is 17.7 Å². The number of benzene rings is 1. The number of nitrogens with zero attached hydrogens (tertiary/aromatic N) is 1. The summed E-state index contributed by atoms with van der Waals surface area (Å²) < 4.78 is 36.2. The highest BCUT2D eigenvalue weighted by molar-refractivity contribution is 7.92. The quantitative estimate of drug-likeness (QED) is 0.719. The normalized spacial score (nSPS) is 12.4. The van der Waals surface area contributed by atoms with Gasteiger partial charge in [-0.15, -0.1) is 0 Å². The molecule has 1 aromatic rings. The van der Waals surface area contributed by atoms with Gasteiger partial charge >= 0.3 is 0 Å². The fraction of sp³-hybridized carbons (Fsp3) is 0.588. The zero-order valence-corrected chi connectivity index (χ0v) is 16.6. The molecule has 0 aliphatic heterocycles. The number of hydrogen-bond donors (Lipinski definition) is 1. The first kappa shape index (κ1) is 21.1. The second-order valence-corrected chi connectivity index (χ2v) is 8.04. The van der Waals surface area contributed by atoms with Crippen LogP contribution in [-0.2, 0) is 10.0 Å². The number of hydrogen-bond acceptors (Lipinski definition) is 5. The summed E-state index contributed by atoms with van der Waals surface area (Å²) in [5.74, 6) is 0.288. The molecule has 1 rings (SSSR count). The summed E-state index contributed by atoms with van der Waals surface area (Å²) in [7, 11) is 0.810. The average molecular weight is 372 g/mol. The van der Waals surface area contributed by atoms with E-state index >= 15 is 0 Å². The van der Waals surface area contributed by atoms with Crippen LogP contribution in [0.4, 0.5) is 5.69 Å². The maximum atomic E-state index is 12.7. The maximum absolute atomic E-state index is 12.7. The molecule has 0 fully saturated rings. The van der Waals surface area contributed by atoms with E-state index in [0.29, 0.717) is 11.5 Å². The fourth-order valence-corrected chi connectivity index (χ4v) is 3.30. The van der Waals surface area contributed by atoms with Crippen molar-refractivity contribution in [2.75, 3.05) is 31.3 Å². The molecule has 1 atom stereocenters. The van der Waals surface area contributed by atoms with Gasteiger partial charge in [-0.05, 0) is 26.3 Å². The molecule has 0 saturated heterocycles. The lowest BCUT2D eigenvalue weighted by Gasteiger charge is -2.24. The van der Waals surface area contributed by atoms with E-state index in [9.17, 15) is 13.2 Å². The second-order valence-electron chi connectivity index (χ2n) is 5.76. The van der Waals surface area contributed by atoms with Gasteiger partial charge in [-0.3, -0.25) is 9.10 Å². The van der Waals surface area contributed by atoms with Crippen LogP contribution in [0.2, 0.25) is 0 Å². The molecule has 0 heterocycles. The molecular formula is C17H28N2O5S. The van der Waals surface area contributed by atoms with Crippen LogP contribution in [0.25, 0.3) is 0 Å². The minimum atomic E-state index is -3.53. The Bertz CT molecular complexity index is 703. The van der Waals surface area contributed by atoms with Gasteiger partial charge in [-0.2, -0.15) is 0 Å². The van der Waals surface area contributed by atoms with Crippen LogP contribution in [-0.4, -0.2) is 47.4 Å². The highest BCUT2D eigenvalue weighted by Crippen LogP contribution is 2.35. The van der Waals surface area contributed by atoms with Gasteiger partial charge in [0, 0.05) is 19.2 Å². The highest BCUT2D eigenvalue weighted by atomic mass is 32.2. The molecule has 0 bridgehead atoms. The molecule has 0 aliphatic rings. The Hall–Kier alpha value is -1.96. The molecule has 0 radical (unpaired) electrons. The SMILES string of the molecule is CCC[C@@H](C)NC(=O)c1cc(OC)c(OC)cc1N(C)S(=O)(=O)CC. The second kappa shape index (κ2) is 8.94. The minimum absolute atomic E-state index is 0.0217. The summed E-state index contributed by atoms with van der Waals surface area (Å²) in [6.07, 6.45) is 1.77. The fourth-order valence-electron chi connectivity index (χ4n) is 2.46. The molecule has 25 heavy (non-hydrogen) atoms. The first-order valence-electron chi connectivity index (χ1n) is 8.25. The Morgan fingerprint density at radius 2 is 1.76 bits per heavy atom. The summed E-state index contributed by atoms with van der Waals surface area (Å²) in [6.45, 7) is 5.50. The Kier molecular flexibility index (Phi) is 7.54. The predicted octanol–water partition coefficient (Wildman–Crippen LogP) is 2.41. The minimum Gasteiger partial charge on any atom is -0.493 e. The zero-order chi connectivity index (χ0) is 19.2. The lowest BCUT2D eigenvalue weighted by molar-refractivity contribution is 0.0938. The van der Waals surface area contributed by atoms with Gasteiger partial charge in [0.25, 0.3) is 5.91 Å². The van der Waals surface area contributed by atoms with Crippen molar-refractivity contribution >= 4 is 21.6 Å². The van der Waals surface area contributed by atoms with Crippen molar-refractivity contribution in [3.63, 3.8) is 0 Å². The van der Waals surface area contributed by atoms with Crippen LogP contribution in [0.3, 0.4) is 0 Å². The molecule has 142 valence electrons. The van der Waals surface area contributed by atoms with E-state index in [1.54, 1.807) is 6.92 Å². The van der Waals surface area contributed by atoms with Gasteiger partial charge in [0.1, 0.15) is 0 Å². The average Bonchev–Trinajstić information content (AvgIpc) is 2.59. The van der Waals surface area contributed by atoms with Crippen LogP contribution in [0.15, 0.2) is 12.1 Å². The van der Waals surface area contributed by atoms with Crippen molar-refractivity contribution in [2.45, 2.75) is 39.7 Å². The van der Waals surface area contributed by atoms with E-state index in [-0.39, 0.29) is 29.0 Å². The Morgan fingerprint density at radius 3 is 2.24 bits per heavy atom. The van der Waals surface area contributed by atoms with E-state index in [1.807, 2.05) is 13.8 Å². The molecule has 0 saturated carbocycles. The number of amides is 1. The molecule has 0 aromatic heterocycles. The van der Waals surface area contributed by atoms with Gasteiger partial charge in [0.2, 0.25) is 10.0 Å². The third-order valence-corrected chi connectivity index (χ3v) is 5.73. The van der Waals surface area contributed by atoms with Crippen molar-refractivity contribution in [2.24, 2.45) is 0 Å². The Labute approximate surface area is 150 Å². The van der Waals surface area contributed by atoms with Gasteiger partial charge < -0.3 is 14.8 Å². The number of methoxy groups -OCH3 is 2. The molecule has 7 nitrogen and oxygen atoms in total. The lowest BCUT2D eigenvalue weighted by Crippen LogP contribution is -2.35. The van der Waals surface area contributed by atoms with E-state index in [0.717, 1.165) is 17.1 Å². The number of anilines is 1. The molecule has 1 amide bonds. The number of ether oxygens (including phenoxy) is 2. The van der Waals surface area contributed by atoms with Crippen LogP contribution in [0.1, 0.15) is 44.0 Å². The summed E-state index contributed by atoms with van der Waals surface area (Å²) >= 11 is 0. The van der Waals surface area contributed by atoms with Crippen LogP contribution in [0, 0.1) is 0 Å². The number of sulfonamides is 1. The van der Waals surface area contributed by atoms with Crippen molar-refractivity contribution in [3.8, 4) is 11.5 Å². The first-order chi connectivity index (χ1) is 11.7. The zero-order valence-electron chi connectivity index (χ0n) is 15.8. The summed E-state index contributed by atoms with van der Waals surface area (Å²) in [5, 5.41) is 2.89. The summed E-state index contributed by atoms with van der Waals surface area (Å²) in [6, 6.07) is 2.99. The maximum Gasteiger partial charge on any atom is 0.253 e. The van der Waals surface area contributed by atoms with Crippen molar-refractivity contribution in [1.29, 1.82) is 0 Å². The van der Waals surface area contributed by atoms with Crippen LogP contribution >= 0.6 is 0 Å². The molecule has 1 aromatic carbocycles. The van der Waals surface area contributed by atoms with Gasteiger partial charge in [-0.25, -0.2) is 8.42 Å². The standard InChI is InChI=1S/C17H28N2O5S/c1-7-9-12(3)18-17(20)13-10-15(23-5)16(24-6)11-14(13)19(4)25(21,22)8-2/h10-12H,7-9H2,1-6H3,(H,18,20)/t12-/m1/s1. The van der Waals surface area contributed by atoms with Crippen molar-refractivity contribution in [1.82, 2.24) is 5.32 Å². The molecule has 0 aliphatic carbocycles. The van der Waals surface area contributed by atoms with Crippen LogP contribution in [0.5, 0.6) is 11.5 Å². The van der Waals surface area contributed by atoms with Crippen LogP contribution < -0.4 is 19.1 Å². The molecule has 1 N–H and O–H groups in total. The smallest absolute Gasteiger partial charge is 0.253 e. The van der Waals surface area contributed by atoms with Gasteiger partial charge in [0.15, 0.2) is 11.5 Å². The van der Waals surface area contributed by atoms with E-state index < -0.39 is 10.0 Å². The number of carbonyl (C=O) groups excluding carboxylic acids is 1. The molecule has 8 heteroatoms. The highest BCUT2D eigenvalue weighted by Gasteiger charge is 2.25. The lowest BCUT2D eigenvalue weighted by atomic mass is 10.1.